The molecule has 20 heavy (non-hydrogen) atoms. The van der Waals surface area contributed by atoms with Crippen LogP contribution in [0, 0.1) is 0 Å². The molecule has 0 bridgehead atoms. The van der Waals surface area contributed by atoms with Gasteiger partial charge in [-0.1, -0.05) is 39.8 Å². The topological polar surface area (TPSA) is 58.2 Å². The maximum atomic E-state index is 11.7. The van der Waals surface area contributed by atoms with Crippen LogP contribution in [-0.4, -0.2) is 17.9 Å². The molecule has 0 aromatic heterocycles. The number of nitrogens with one attached hydrogen (secondary N) is 2. The molecule has 0 saturated heterocycles. The van der Waals surface area contributed by atoms with Crippen molar-refractivity contribution in [3.8, 4) is 0 Å². The summed E-state index contributed by atoms with van der Waals surface area (Å²) in [5, 5.41) is 5.23. The van der Waals surface area contributed by atoms with Crippen LogP contribution in [0.4, 0.5) is 5.69 Å². The first-order valence-electron chi connectivity index (χ1n) is 6.96. The Balaban J connectivity index is 2.65. The minimum absolute atomic E-state index is 0.00323. The van der Waals surface area contributed by atoms with Gasteiger partial charge in [-0.3, -0.25) is 9.59 Å². The standard InChI is InChI=1S/C16H24N2O2/c1-6-11(2)17-14(19)15(20)18-13-9-7-12(8-10-13)16(3,4)5/h7-11H,6H2,1-5H3,(H,17,19)(H,18,20). The first kappa shape index (κ1) is 16.2. The van der Waals surface area contributed by atoms with Gasteiger partial charge in [-0.25, -0.2) is 0 Å². The van der Waals surface area contributed by atoms with Crippen LogP contribution in [0.3, 0.4) is 0 Å². The number of carbonyl (C=O) groups is 2. The Hall–Kier alpha value is -1.84. The lowest BCUT2D eigenvalue weighted by Crippen LogP contribution is -2.40. The lowest BCUT2D eigenvalue weighted by molar-refractivity contribution is -0.136. The summed E-state index contributed by atoms with van der Waals surface area (Å²) < 4.78 is 0. The van der Waals surface area contributed by atoms with Gasteiger partial charge in [0.25, 0.3) is 0 Å². The van der Waals surface area contributed by atoms with Crippen LogP contribution in [0.2, 0.25) is 0 Å². The average Bonchev–Trinajstić information content (AvgIpc) is 2.38. The van der Waals surface area contributed by atoms with Gasteiger partial charge < -0.3 is 10.6 Å². The molecule has 0 saturated carbocycles. The van der Waals surface area contributed by atoms with Crippen LogP contribution in [-0.2, 0) is 15.0 Å². The number of benzene rings is 1. The predicted molar refractivity (Wildman–Crippen MR) is 81.7 cm³/mol. The van der Waals surface area contributed by atoms with Crippen molar-refractivity contribution in [1.82, 2.24) is 5.32 Å². The van der Waals surface area contributed by atoms with E-state index in [9.17, 15) is 9.59 Å². The predicted octanol–water partition coefficient (Wildman–Crippen LogP) is 2.84. The fourth-order valence-corrected chi connectivity index (χ4v) is 1.63. The lowest BCUT2D eigenvalue weighted by atomic mass is 9.87. The molecule has 0 aliphatic carbocycles. The molecule has 1 rings (SSSR count). The highest BCUT2D eigenvalue weighted by Gasteiger charge is 2.16. The van der Waals surface area contributed by atoms with E-state index in [1.807, 2.05) is 38.1 Å². The van der Waals surface area contributed by atoms with Crippen molar-refractivity contribution in [2.45, 2.75) is 52.5 Å². The highest BCUT2D eigenvalue weighted by Crippen LogP contribution is 2.23. The first-order valence-corrected chi connectivity index (χ1v) is 6.96. The van der Waals surface area contributed by atoms with Gasteiger partial charge in [0.05, 0.1) is 0 Å². The van der Waals surface area contributed by atoms with E-state index in [1.165, 1.54) is 5.56 Å². The quantitative estimate of drug-likeness (QED) is 0.834. The largest absolute Gasteiger partial charge is 0.345 e. The van der Waals surface area contributed by atoms with Gasteiger partial charge >= 0.3 is 11.8 Å². The number of hydrogen-bond donors (Lipinski definition) is 2. The molecule has 0 aliphatic rings. The van der Waals surface area contributed by atoms with Crippen molar-refractivity contribution in [2.24, 2.45) is 0 Å². The van der Waals surface area contributed by atoms with Gasteiger partial charge in [-0.15, -0.1) is 0 Å². The summed E-state index contributed by atoms with van der Waals surface area (Å²) in [6, 6.07) is 7.55. The normalized spacial score (nSPS) is 12.7. The molecule has 0 radical (unpaired) electrons. The van der Waals surface area contributed by atoms with Gasteiger partial charge in [0, 0.05) is 11.7 Å². The third-order valence-corrected chi connectivity index (χ3v) is 3.20. The van der Waals surface area contributed by atoms with Crippen molar-refractivity contribution in [3.05, 3.63) is 29.8 Å². The summed E-state index contributed by atoms with van der Waals surface area (Å²) in [4.78, 5) is 23.3. The van der Waals surface area contributed by atoms with E-state index in [4.69, 9.17) is 0 Å². The zero-order valence-electron chi connectivity index (χ0n) is 12.9. The lowest BCUT2D eigenvalue weighted by Gasteiger charge is -2.19. The molecule has 0 fully saturated rings. The number of carbonyl (C=O) groups excluding carboxylic acids is 2. The second-order valence-corrected chi connectivity index (χ2v) is 6.06. The molecular formula is C16H24N2O2. The molecule has 4 nitrogen and oxygen atoms in total. The highest BCUT2D eigenvalue weighted by molar-refractivity contribution is 6.39. The maximum absolute atomic E-state index is 11.7. The number of amides is 2. The summed E-state index contributed by atoms with van der Waals surface area (Å²) in [5.74, 6) is -1.23. The van der Waals surface area contributed by atoms with E-state index in [1.54, 1.807) is 0 Å². The van der Waals surface area contributed by atoms with Crippen molar-refractivity contribution in [1.29, 1.82) is 0 Å². The average molecular weight is 276 g/mol. The van der Waals surface area contributed by atoms with Gasteiger partial charge in [-0.2, -0.15) is 0 Å². The number of hydrogen-bond acceptors (Lipinski definition) is 2. The Labute approximate surface area is 121 Å². The van der Waals surface area contributed by atoms with E-state index in [0.29, 0.717) is 5.69 Å². The fourth-order valence-electron chi connectivity index (χ4n) is 1.63. The van der Waals surface area contributed by atoms with Gasteiger partial charge in [0.1, 0.15) is 0 Å². The molecule has 1 unspecified atom stereocenters. The van der Waals surface area contributed by atoms with E-state index in [0.717, 1.165) is 6.42 Å². The van der Waals surface area contributed by atoms with Crippen molar-refractivity contribution >= 4 is 17.5 Å². The number of anilines is 1. The smallest absolute Gasteiger partial charge is 0.313 e. The Morgan fingerprint density at radius 1 is 1.10 bits per heavy atom. The van der Waals surface area contributed by atoms with Crippen LogP contribution >= 0.6 is 0 Å². The molecule has 1 aromatic carbocycles. The monoisotopic (exact) mass is 276 g/mol. The van der Waals surface area contributed by atoms with Gasteiger partial charge in [0.2, 0.25) is 0 Å². The van der Waals surface area contributed by atoms with Crippen molar-refractivity contribution in [2.75, 3.05) is 5.32 Å². The Morgan fingerprint density at radius 3 is 2.10 bits per heavy atom. The van der Waals surface area contributed by atoms with Crippen LogP contribution < -0.4 is 10.6 Å². The van der Waals surface area contributed by atoms with Crippen LogP contribution in [0.5, 0.6) is 0 Å². The molecule has 2 amide bonds. The van der Waals surface area contributed by atoms with Crippen molar-refractivity contribution < 1.29 is 9.59 Å². The molecule has 1 aromatic rings. The molecular weight excluding hydrogens is 252 g/mol. The zero-order chi connectivity index (χ0) is 15.3. The van der Waals surface area contributed by atoms with Crippen LogP contribution in [0.1, 0.15) is 46.6 Å². The van der Waals surface area contributed by atoms with Crippen LogP contribution in [0.25, 0.3) is 0 Å². The first-order chi connectivity index (χ1) is 9.24. The Morgan fingerprint density at radius 2 is 1.65 bits per heavy atom. The molecule has 0 aliphatic heterocycles. The summed E-state index contributed by atoms with van der Waals surface area (Å²) in [5.41, 5.74) is 1.87. The van der Waals surface area contributed by atoms with E-state index < -0.39 is 11.8 Å². The summed E-state index contributed by atoms with van der Waals surface area (Å²) in [6.45, 7) is 10.2. The second-order valence-electron chi connectivity index (χ2n) is 6.06. The number of rotatable bonds is 3. The third-order valence-electron chi connectivity index (χ3n) is 3.20. The third kappa shape index (κ3) is 4.68. The van der Waals surface area contributed by atoms with Crippen LogP contribution in [0.15, 0.2) is 24.3 Å². The molecule has 0 spiro atoms. The second kappa shape index (κ2) is 6.55. The van der Waals surface area contributed by atoms with Crippen molar-refractivity contribution in [3.63, 3.8) is 0 Å². The van der Waals surface area contributed by atoms with E-state index in [-0.39, 0.29) is 11.5 Å². The van der Waals surface area contributed by atoms with Gasteiger partial charge in [-0.05, 0) is 36.5 Å². The van der Waals surface area contributed by atoms with E-state index in [2.05, 4.69) is 31.4 Å². The van der Waals surface area contributed by atoms with E-state index >= 15 is 0 Å². The SMILES string of the molecule is CCC(C)NC(=O)C(=O)Nc1ccc(C(C)(C)C)cc1. The Kier molecular flexibility index (Phi) is 5.31. The summed E-state index contributed by atoms with van der Waals surface area (Å²) >= 11 is 0. The molecule has 1 atom stereocenters. The Bertz CT molecular complexity index is 472. The molecule has 0 heterocycles. The molecule has 110 valence electrons. The summed E-state index contributed by atoms with van der Waals surface area (Å²) in [7, 11) is 0. The maximum Gasteiger partial charge on any atom is 0.313 e. The molecule has 2 N–H and O–H groups in total. The van der Waals surface area contributed by atoms with Gasteiger partial charge in [0.15, 0.2) is 0 Å². The zero-order valence-corrected chi connectivity index (χ0v) is 12.9. The highest BCUT2D eigenvalue weighted by atomic mass is 16.2. The molecule has 4 heteroatoms. The fraction of sp³-hybridized carbons (Fsp3) is 0.500. The summed E-state index contributed by atoms with van der Waals surface area (Å²) in [6.07, 6.45) is 0.791. The minimum Gasteiger partial charge on any atom is -0.345 e. The minimum atomic E-state index is -0.631.